The number of halogens is 1. The van der Waals surface area contributed by atoms with Crippen LogP contribution in [0.3, 0.4) is 0 Å². The minimum atomic E-state index is -0.310. The van der Waals surface area contributed by atoms with Crippen molar-refractivity contribution in [2.45, 2.75) is 12.3 Å². The molecule has 0 amide bonds. The van der Waals surface area contributed by atoms with Crippen LogP contribution in [0.1, 0.15) is 17.9 Å². The molecule has 1 aromatic rings. The highest BCUT2D eigenvalue weighted by Gasteiger charge is 2.14. The molecular weight excluding hydrogens is 197 g/mol. The van der Waals surface area contributed by atoms with Crippen LogP contribution in [0.5, 0.6) is 0 Å². The Hall–Kier alpha value is -1.42. The van der Waals surface area contributed by atoms with Gasteiger partial charge in [0.25, 0.3) is 0 Å². The SMILES string of the molecule is COC(=O)CC(CN)c1ccc(F)cc1. The standard InChI is InChI=1S/C11H14FNO2/c1-15-11(14)6-9(7-13)8-2-4-10(12)5-3-8/h2-5,9H,6-7,13H2,1H3. The monoisotopic (exact) mass is 211 g/mol. The van der Waals surface area contributed by atoms with Crippen LogP contribution in [-0.4, -0.2) is 19.6 Å². The summed E-state index contributed by atoms with van der Waals surface area (Å²) in [5.74, 6) is -0.722. The minimum Gasteiger partial charge on any atom is -0.469 e. The number of carbonyl (C=O) groups is 1. The number of hydrogen-bond acceptors (Lipinski definition) is 3. The molecule has 4 heteroatoms. The Morgan fingerprint density at radius 3 is 2.53 bits per heavy atom. The maximum atomic E-state index is 12.7. The van der Waals surface area contributed by atoms with E-state index in [1.54, 1.807) is 12.1 Å². The van der Waals surface area contributed by atoms with Crippen molar-refractivity contribution < 1.29 is 13.9 Å². The lowest BCUT2D eigenvalue weighted by atomic mass is 9.96. The summed E-state index contributed by atoms with van der Waals surface area (Å²) in [7, 11) is 1.33. The van der Waals surface area contributed by atoms with E-state index in [4.69, 9.17) is 5.73 Å². The van der Waals surface area contributed by atoms with Gasteiger partial charge in [0.05, 0.1) is 13.5 Å². The lowest BCUT2D eigenvalue weighted by molar-refractivity contribution is -0.141. The largest absolute Gasteiger partial charge is 0.469 e. The first-order valence-electron chi connectivity index (χ1n) is 4.69. The van der Waals surface area contributed by atoms with Crippen LogP contribution in [0, 0.1) is 5.82 Å². The highest BCUT2D eigenvalue weighted by molar-refractivity contribution is 5.70. The van der Waals surface area contributed by atoms with E-state index in [1.807, 2.05) is 0 Å². The third-order valence-corrected chi connectivity index (χ3v) is 2.27. The number of ether oxygens (including phenoxy) is 1. The summed E-state index contributed by atoms with van der Waals surface area (Å²) < 4.78 is 17.2. The second kappa shape index (κ2) is 5.46. The van der Waals surface area contributed by atoms with Gasteiger partial charge in [0, 0.05) is 5.92 Å². The van der Waals surface area contributed by atoms with Crippen LogP contribution < -0.4 is 5.73 Å². The van der Waals surface area contributed by atoms with E-state index < -0.39 is 0 Å². The lowest BCUT2D eigenvalue weighted by Gasteiger charge is -2.13. The van der Waals surface area contributed by atoms with Crippen molar-refractivity contribution in [3.8, 4) is 0 Å². The molecule has 1 atom stereocenters. The molecule has 2 N–H and O–H groups in total. The second-order valence-corrected chi connectivity index (χ2v) is 3.26. The number of carbonyl (C=O) groups excluding carboxylic acids is 1. The Bertz CT molecular complexity index is 324. The Morgan fingerprint density at radius 2 is 2.07 bits per heavy atom. The van der Waals surface area contributed by atoms with Crippen molar-refractivity contribution in [1.29, 1.82) is 0 Å². The van der Waals surface area contributed by atoms with Crippen molar-refractivity contribution >= 4 is 5.97 Å². The molecule has 0 aliphatic rings. The number of methoxy groups -OCH3 is 1. The summed E-state index contributed by atoms with van der Waals surface area (Å²) in [5, 5.41) is 0. The van der Waals surface area contributed by atoms with Gasteiger partial charge in [0.1, 0.15) is 5.82 Å². The molecule has 0 saturated heterocycles. The number of benzene rings is 1. The topological polar surface area (TPSA) is 52.3 Å². The van der Waals surface area contributed by atoms with Crippen molar-refractivity contribution in [3.63, 3.8) is 0 Å². The van der Waals surface area contributed by atoms with Gasteiger partial charge in [-0.05, 0) is 24.2 Å². The van der Waals surface area contributed by atoms with Crippen LogP contribution in [0.4, 0.5) is 4.39 Å². The third kappa shape index (κ3) is 3.32. The fraction of sp³-hybridized carbons (Fsp3) is 0.364. The van der Waals surface area contributed by atoms with E-state index in [9.17, 15) is 9.18 Å². The van der Waals surface area contributed by atoms with Gasteiger partial charge in [-0.1, -0.05) is 12.1 Å². The molecular formula is C11H14FNO2. The zero-order chi connectivity index (χ0) is 11.3. The zero-order valence-electron chi connectivity index (χ0n) is 8.57. The fourth-order valence-electron chi connectivity index (χ4n) is 1.36. The van der Waals surface area contributed by atoms with E-state index in [0.29, 0.717) is 6.54 Å². The molecule has 0 aliphatic heterocycles. The predicted molar refractivity (Wildman–Crippen MR) is 54.8 cm³/mol. The molecule has 3 nitrogen and oxygen atoms in total. The molecule has 1 rings (SSSR count). The number of hydrogen-bond donors (Lipinski definition) is 1. The van der Waals surface area contributed by atoms with E-state index in [1.165, 1.54) is 19.2 Å². The van der Waals surface area contributed by atoms with Crippen LogP contribution in [0.15, 0.2) is 24.3 Å². The Balaban J connectivity index is 2.74. The molecule has 15 heavy (non-hydrogen) atoms. The molecule has 0 spiro atoms. The number of rotatable bonds is 4. The van der Waals surface area contributed by atoms with E-state index >= 15 is 0 Å². The summed E-state index contributed by atoms with van der Waals surface area (Å²) in [4.78, 5) is 11.1. The molecule has 0 radical (unpaired) electrons. The molecule has 1 aromatic carbocycles. The molecule has 0 bridgehead atoms. The average molecular weight is 211 g/mol. The molecule has 82 valence electrons. The van der Waals surface area contributed by atoms with Crippen molar-refractivity contribution in [1.82, 2.24) is 0 Å². The van der Waals surface area contributed by atoms with Crippen LogP contribution in [0.2, 0.25) is 0 Å². The quantitative estimate of drug-likeness (QED) is 0.766. The average Bonchev–Trinajstić information content (AvgIpc) is 2.27. The van der Waals surface area contributed by atoms with Gasteiger partial charge in [-0.3, -0.25) is 4.79 Å². The maximum Gasteiger partial charge on any atom is 0.306 e. The van der Waals surface area contributed by atoms with Gasteiger partial charge < -0.3 is 10.5 Å². The van der Waals surface area contributed by atoms with E-state index in [-0.39, 0.29) is 24.1 Å². The second-order valence-electron chi connectivity index (χ2n) is 3.26. The van der Waals surface area contributed by atoms with Crippen LogP contribution in [0.25, 0.3) is 0 Å². The predicted octanol–water partition coefficient (Wildman–Crippen LogP) is 1.43. The summed E-state index contributed by atoms with van der Waals surface area (Å²) >= 11 is 0. The van der Waals surface area contributed by atoms with Gasteiger partial charge in [-0.15, -0.1) is 0 Å². The highest BCUT2D eigenvalue weighted by atomic mass is 19.1. The summed E-state index contributed by atoms with van der Waals surface area (Å²) in [6.07, 6.45) is 0.221. The maximum absolute atomic E-state index is 12.7. The molecule has 1 unspecified atom stereocenters. The molecule has 0 heterocycles. The summed E-state index contributed by atoms with van der Waals surface area (Å²) in [5.41, 5.74) is 6.40. The zero-order valence-corrected chi connectivity index (χ0v) is 8.57. The molecule has 0 saturated carbocycles. The van der Waals surface area contributed by atoms with Gasteiger partial charge in [-0.2, -0.15) is 0 Å². The molecule has 0 aliphatic carbocycles. The molecule has 0 aromatic heterocycles. The fourth-order valence-corrected chi connectivity index (χ4v) is 1.36. The van der Waals surface area contributed by atoms with E-state index in [0.717, 1.165) is 5.56 Å². The van der Waals surface area contributed by atoms with Crippen molar-refractivity contribution in [2.75, 3.05) is 13.7 Å². The third-order valence-electron chi connectivity index (χ3n) is 2.27. The first-order chi connectivity index (χ1) is 7.17. The Kier molecular flexibility index (Phi) is 4.24. The van der Waals surface area contributed by atoms with Crippen LogP contribution >= 0.6 is 0 Å². The highest BCUT2D eigenvalue weighted by Crippen LogP contribution is 2.19. The molecule has 0 fully saturated rings. The Morgan fingerprint density at radius 1 is 1.47 bits per heavy atom. The number of nitrogens with two attached hydrogens (primary N) is 1. The van der Waals surface area contributed by atoms with Crippen molar-refractivity contribution in [2.24, 2.45) is 5.73 Å². The normalized spacial score (nSPS) is 12.2. The Labute approximate surface area is 88.0 Å². The van der Waals surface area contributed by atoms with Gasteiger partial charge in [-0.25, -0.2) is 4.39 Å². The smallest absolute Gasteiger partial charge is 0.306 e. The van der Waals surface area contributed by atoms with Crippen molar-refractivity contribution in [3.05, 3.63) is 35.6 Å². The van der Waals surface area contributed by atoms with Gasteiger partial charge in [0.2, 0.25) is 0 Å². The summed E-state index contributed by atoms with van der Waals surface area (Å²) in [6, 6.07) is 5.98. The minimum absolute atomic E-state index is 0.113. The first kappa shape index (κ1) is 11.7. The first-order valence-corrected chi connectivity index (χ1v) is 4.69. The number of esters is 1. The van der Waals surface area contributed by atoms with Crippen LogP contribution in [-0.2, 0) is 9.53 Å². The summed E-state index contributed by atoms with van der Waals surface area (Å²) in [6.45, 7) is 0.334. The van der Waals surface area contributed by atoms with E-state index in [2.05, 4.69) is 4.74 Å². The lowest BCUT2D eigenvalue weighted by Crippen LogP contribution is -2.17. The van der Waals surface area contributed by atoms with Gasteiger partial charge in [0.15, 0.2) is 0 Å². The van der Waals surface area contributed by atoms with Gasteiger partial charge >= 0.3 is 5.97 Å².